The van der Waals surface area contributed by atoms with E-state index in [-0.39, 0.29) is 12.5 Å². The Bertz CT molecular complexity index is 717. The molecule has 1 aromatic carbocycles. The lowest BCUT2D eigenvalue weighted by atomic mass is 10.3. The van der Waals surface area contributed by atoms with Crippen LogP contribution in [-0.2, 0) is 9.53 Å². The zero-order valence-electron chi connectivity index (χ0n) is 12.6. The van der Waals surface area contributed by atoms with Crippen LogP contribution in [0.15, 0.2) is 28.7 Å². The molecule has 0 radical (unpaired) electrons. The van der Waals surface area contributed by atoms with Gasteiger partial charge in [0.05, 0.1) is 12.3 Å². The molecule has 0 unspecified atom stereocenters. The number of rotatable bonds is 6. The average Bonchev–Trinajstić information content (AvgIpc) is 2.86. The number of halogens is 1. The summed E-state index contributed by atoms with van der Waals surface area (Å²) in [4.78, 5) is 28.1. The topological polar surface area (TPSA) is 77.5 Å². The van der Waals surface area contributed by atoms with Crippen molar-refractivity contribution in [2.75, 3.05) is 18.5 Å². The molecule has 0 saturated carbocycles. The summed E-state index contributed by atoms with van der Waals surface area (Å²) in [7, 11) is 0. The minimum atomic E-state index is -0.437. The van der Waals surface area contributed by atoms with Gasteiger partial charge in [0.1, 0.15) is 10.6 Å². The molecule has 8 heteroatoms. The third-order valence-corrected chi connectivity index (χ3v) is 4.22. The molecule has 2 aromatic rings. The number of aromatic nitrogens is 1. The van der Waals surface area contributed by atoms with E-state index in [0.29, 0.717) is 28.1 Å². The van der Waals surface area contributed by atoms with Gasteiger partial charge < -0.3 is 9.47 Å². The molecule has 1 heterocycles. The lowest BCUT2D eigenvalue weighted by Gasteiger charge is -2.05. The van der Waals surface area contributed by atoms with Crippen molar-refractivity contribution in [3.63, 3.8) is 0 Å². The van der Waals surface area contributed by atoms with Gasteiger partial charge in [0.15, 0.2) is 11.7 Å². The Morgan fingerprint density at radius 1 is 1.39 bits per heavy atom. The Balaban J connectivity index is 1.93. The van der Waals surface area contributed by atoms with E-state index in [2.05, 4.69) is 26.2 Å². The van der Waals surface area contributed by atoms with E-state index >= 15 is 0 Å². The van der Waals surface area contributed by atoms with Crippen LogP contribution in [0.3, 0.4) is 0 Å². The number of aryl methyl sites for hydroxylation is 1. The Kier molecular flexibility index (Phi) is 6.12. The van der Waals surface area contributed by atoms with Gasteiger partial charge in [-0.2, -0.15) is 0 Å². The standard InChI is InChI=1S/C15H15BrN2O4S/c1-3-21-14(20)13-9(2)17-15(23-13)18-12(19)8-22-11-6-4-5-10(16)7-11/h4-7H,3,8H2,1-2H3,(H,17,18,19). The van der Waals surface area contributed by atoms with Crippen molar-refractivity contribution in [3.8, 4) is 5.75 Å². The molecule has 1 amide bonds. The lowest BCUT2D eigenvalue weighted by molar-refractivity contribution is -0.118. The minimum Gasteiger partial charge on any atom is -0.484 e. The van der Waals surface area contributed by atoms with Crippen molar-refractivity contribution in [2.24, 2.45) is 0 Å². The smallest absolute Gasteiger partial charge is 0.350 e. The third kappa shape index (κ3) is 5.04. The van der Waals surface area contributed by atoms with Crippen LogP contribution in [0.5, 0.6) is 5.75 Å². The average molecular weight is 399 g/mol. The molecule has 0 spiro atoms. The predicted octanol–water partition coefficient (Wildman–Crippen LogP) is 3.41. The molecule has 0 atom stereocenters. The molecule has 0 saturated heterocycles. The number of hydrogen-bond acceptors (Lipinski definition) is 6. The van der Waals surface area contributed by atoms with Crippen LogP contribution >= 0.6 is 27.3 Å². The molecule has 2 rings (SSSR count). The van der Waals surface area contributed by atoms with Gasteiger partial charge in [-0.3, -0.25) is 10.1 Å². The van der Waals surface area contributed by atoms with Crippen LogP contribution in [-0.4, -0.2) is 30.1 Å². The van der Waals surface area contributed by atoms with Gasteiger partial charge in [-0.15, -0.1) is 0 Å². The molecule has 23 heavy (non-hydrogen) atoms. The van der Waals surface area contributed by atoms with Crippen LogP contribution in [0.4, 0.5) is 5.13 Å². The van der Waals surface area contributed by atoms with Gasteiger partial charge in [-0.25, -0.2) is 9.78 Å². The van der Waals surface area contributed by atoms with Crippen LogP contribution < -0.4 is 10.1 Å². The number of nitrogens with zero attached hydrogens (tertiary/aromatic N) is 1. The van der Waals surface area contributed by atoms with Crippen molar-refractivity contribution >= 4 is 44.3 Å². The summed E-state index contributed by atoms with van der Waals surface area (Å²) in [5.74, 6) is -0.209. The molecular weight excluding hydrogens is 384 g/mol. The molecule has 0 aliphatic rings. The van der Waals surface area contributed by atoms with E-state index in [1.54, 1.807) is 26.0 Å². The number of esters is 1. The van der Waals surface area contributed by atoms with Gasteiger partial charge in [-0.05, 0) is 32.0 Å². The van der Waals surface area contributed by atoms with Crippen LogP contribution in [0, 0.1) is 6.92 Å². The van der Waals surface area contributed by atoms with Crippen molar-refractivity contribution in [3.05, 3.63) is 39.3 Å². The van der Waals surface area contributed by atoms with Gasteiger partial charge in [0.2, 0.25) is 0 Å². The molecule has 0 fully saturated rings. The number of anilines is 1. The molecule has 1 aromatic heterocycles. The van der Waals surface area contributed by atoms with Crippen molar-refractivity contribution in [1.82, 2.24) is 4.98 Å². The molecule has 6 nitrogen and oxygen atoms in total. The van der Waals surface area contributed by atoms with E-state index in [0.717, 1.165) is 15.8 Å². The first-order chi connectivity index (χ1) is 11.0. The quantitative estimate of drug-likeness (QED) is 0.754. The van der Waals surface area contributed by atoms with E-state index in [9.17, 15) is 9.59 Å². The normalized spacial score (nSPS) is 10.2. The highest BCUT2D eigenvalue weighted by Gasteiger charge is 2.17. The van der Waals surface area contributed by atoms with E-state index in [4.69, 9.17) is 9.47 Å². The number of carbonyl (C=O) groups is 2. The van der Waals surface area contributed by atoms with Crippen LogP contribution in [0.2, 0.25) is 0 Å². The zero-order chi connectivity index (χ0) is 16.8. The molecule has 122 valence electrons. The van der Waals surface area contributed by atoms with E-state index < -0.39 is 5.97 Å². The predicted molar refractivity (Wildman–Crippen MR) is 91.1 cm³/mol. The summed E-state index contributed by atoms with van der Waals surface area (Å²) in [6, 6.07) is 7.19. The zero-order valence-corrected chi connectivity index (χ0v) is 15.0. The number of benzene rings is 1. The fourth-order valence-electron chi connectivity index (χ4n) is 1.70. The van der Waals surface area contributed by atoms with Gasteiger partial charge >= 0.3 is 5.97 Å². The maximum absolute atomic E-state index is 11.9. The maximum Gasteiger partial charge on any atom is 0.350 e. The molecular formula is C15H15BrN2O4S. The number of carbonyl (C=O) groups excluding carboxylic acids is 2. The highest BCUT2D eigenvalue weighted by atomic mass is 79.9. The van der Waals surface area contributed by atoms with Crippen molar-refractivity contribution in [2.45, 2.75) is 13.8 Å². The van der Waals surface area contributed by atoms with E-state index in [1.807, 2.05) is 12.1 Å². The first kappa shape index (κ1) is 17.4. The first-order valence-corrected chi connectivity index (χ1v) is 8.43. The Labute approximate surface area is 146 Å². The first-order valence-electron chi connectivity index (χ1n) is 6.82. The molecule has 1 N–H and O–H groups in total. The second-order valence-corrected chi connectivity index (χ2v) is 6.36. The Hall–Kier alpha value is -1.93. The number of ether oxygens (including phenoxy) is 2. The van der Waals surface area contributed by atoms with Crippen LogP contribution in [0.1, 0.15) is 22.3 Å². The highest BCUT2D eigenvalue weighted by Crippen LogP contribution is 2.23. The van der Waals surface area contributed by atoms with E-state index in [1.165, 1.54) is 0 Å². The fourth-order valence-corrected chi connectivity index (χ4v) is 2.95. The second kappa shape index (κ2) is 8.07. The highest BCUT2D eigenvalue weighted by molar-refractivity contribution is 9.10. The molecule has 0 bridgehead atoms. The van der Waals surface area contributed by atoms with Gasteiger partial charge in [0, 0.05) is 4.47 Å². The maximum atomic E-state index is 11.9. The second-order valence-electron chi connectivity index (χ2n) is 4.45. The summed E-state index contributed by atoms with van der Waals surface area (Å²) in [5, 5.41) is 2.95. The monoisotopic (exact) mass is 398 g/mol. The minimum absolute atomic E-state index is 0.149. The van der Waals surface area contributed by atoms with Gasteiger partial charge in [-0.1, -0.05) is 33.3 Å². The number of nitrogens with one attached hydrogen (secondary N) is 1. The van der Waals surface area contributed by atoms with Crippen LogP contribution in [0.25, 0.3) is 0 Å². The fraction of sp³-hybridized carbons (Fsp3) is 0.267. The summed E-state index contributed by atoms with van der Waals surface area (Å²) in [5.41, 5.74) is 0.525. The number of hydrogen-bond donors (Lipinski definition) is 1. The largest absolute Gasteiger partial charge is 0.484 e. The molecule has 0 aliphatic carbocycles. The van der Waals surface area contributed by atoms with Crippen molar-refractivity contribution < 1.29 is 19.1 Å². The summed E-state index contributed by atoms with van der Waals surface area (Å²) >= 11 is 4.41. The third-order valence-electron chi connectivity index (χ3n) is 2.67. The lowest BCUT2D eigenvalue weighted by Crippen LogP contribution is -2.20. The SMILES string of the molecule is CCOC(=O)c1sc(NC(=O)COc2cccc(Br)c2)nc1C. The summed E-state index contributed by atoms with van der Waals surface area (Å²) in [6.45, 7) is 3.56. The molecule has 0 aliphatic heterocycles. The Morgan fingerprint density at radius 2 is 2.17 bits per heavy atom. The number of amides is 1. The summed E-state index contributed by atoms with van der Waals surface area (Å²) < 4.78 is 11.2. The van der Waals surface area contributed by atoms with Crippen molar-refractivity contribution in [1.29, 1.82) is 0 Å². The van der Waals surface area contributed by atoms with Gasteiger partial charge in [0.25, 0.3) is 5.91 Å². The Morgan fingerprint density at radius 3 is 2.87 bits per heavy atom. The summed E-state index contributed by atoms with van der Waals surface area (Å²) in [6.07, 6.45) is 0. The number of thiazole rings is 1.